The second-order valence-electron chi connectivity index (χ2n) is 10.3. The lowest BCUT2D eigenvalue weighted by atomic mass is 9.96. The molecule has 5 rings (SSSR count). The Labute approximate surface area is 255 Å². The van der Waals surface area contributed by atoms with Crippen molar-refractivity contribution in [2.24, 2.45) is 0 Å². The summed E-state index contributed by atoms with van der Waals surface area (Å²) >= 11 is 5.87. The van der Waals surface area contributed by atoms with Crippen LogP contribution < -0.4 is 20.5 Å². The molecule has 0 bridgehead atoms. The molecule has 1 fully saturated rings. The summed E-state index contributed by atoms with van der Waals surface area (Å²) < 4.78 is 58.7. The summed E-state index contributed by atoms with van der Waals surface area (Å²) in [7, 11) is 1.50. The van der Waals surface area contributed by atoms with Gasteiger partial charge in [0.1, 0.15) is 17.9 Å². The van der Waals surface area contributed by atoms with Gasteiger partial charge in [-0.1, -0.05) is 28.9 Å². The molecule has 44 heavy (non-hydrogen) atoms. The molecule has 0 aliphatic carbocycles. The Morgan fingerprint density at radius 3 is 2.50 bits per heavy atom. The first-order valence-electron chi connectivity index (χ1n) is 13.8. The number of hydrogen-bond donors (Lipinski definition) is 1. The average Bonchev–Trinajstić information content (AvgIpc) is 3.48. The van der Waals surface area contributed by atoms with Crippen LogP contribution in [-0.4, -0.2) is 62.7 Å². The van der Waals surface area contributed by atoms with Gasteiger partial charge in [0.2, 0.25) is 5.95 Å². The van der Waals surface area contributed by atoms with Gasteiger partial charge in [-0.2, -0.15) is 23.3 Å². The molecule has 0 radical (unpaired) electrons. The zero-order chi connectivity index (χ0) is 31.3. The van der Waals surface area contributed by atoms with Crippen LogP contribution in [0.5, 0.6) is 5.75 Å². The molecule has 3 aromatic heterocycles. The number of aromatic nitrogens is 6. The summed E-state index contributed by atoms with van der Waals surface area (Å²) in [5.74, 6) is 2.13. The van der Waals surface area contributed by atoms with Crippen LogP contribution in [0.2, 0.25) is 5.02 Å². The highest BCUT2D eigenvalue weighted by Gasteiger charge is 2.38. The minimum atomic E-state index is -4.90. The predicted molar refractivity (Wildman–Crippen MR) is 154 cm³/mol. The number of benzene rings is 1. The highest BCUT2D eigenvalue weighted by molar-refractivity contribution is 6.30. The van der Waals surface area contributed by atoms with Crippen LogP contribution in [0.4, 0.5) is 24.8 Å². The summed E-state index contributed by atoms with van der Waals surface area (Å²) in [6.45, 7) is 2.91. The molecule has 1 N–H and O–H groups in total. The van der Waals surface area contributed by atoms with Crippen LogP contribution in [0.1, 0.15) is 48.5 Å². The van der Waals surface area contributed by atoms with Crippen molar-refractivity contribution in [2.45, 2.75) is 51.1 Å². The van der Waals surface area contributed by atoms with Crippen molar-refractivity contribution < 1.29 is 27.2 Å². The number of nitrogens with one attached hydrogen (secondary N) is 1. The number of anilines is 2. The third kappa shape index (κ3) is 7.63. The Bertz CT molecular complexity index is 1590. The lowest BCUT2D eigenvalue weighted by Gasteiger charge is -2.30. The van der Waals surface area contributed by atoms with Gasteiger partial charge < -0.3 is 24.2 Å². The second kappa shape index (κ2) is 13.6. The van der Waals surface area contributed by atoms with E-state index in [9.17, 15) is 18.0 Å². The Morgan fingerprint density at radius 2 is 1.84 bits per heavy atom. The third-order valence-corrected chi connectivity index (χ3v) is 7.24. The van der Waals surface area contributed by atoms with Crippen molar-refractivity contribution in [3.63, 3.8) is 0 Å². The van der Waals surface area contributed by atoms with Crippen LogP contribution >= 0.6 is 11.6 Å². The molecule has 1 aromatic carbocycles. The molecule has 0 saturated carbocycles. The van der Waals surface area contributed by atoms with Gasteiger partial charge in [0.05, 0.1) is 49.6 Å². The first-order chi connectivity index (χ1) is 21.1. The van der Waals surface area contributed by atoms with Gasteiger partial charge in [0.15, 0.2) is 5.82 Å². The number of ether oxygens (including phenoxy) is 2. The third-order valence-electron chi connectivity index (χ3n) is 7.05. The Kier molecular flexibility index (Phi) is 9.64. The Morgan fingerprint density at radius 1 is 1.14 bits per heavy atom. The number of alkyl halides is 3. The highest BCUT2D eigenvalue weighted by atomic mass is 35.5. The highest BCUT2D eigenvalue weighted by Crippen LogP contribution is 2.32. The molecule has 1 atom stereocenters. The fourth-order valence-electron chi connectivity index (χ4n) is 4.82. The first-order valence-corrected chi connectivity index (χ1v) is 14.2. The molecule has 0 amide bonds. The molecular weight excluding hydrogens is 605 g/mol. The number of methoxy groups -OCH3 is 1. The zero-order valence-corrected chi connectivity index (χ0v) is 24.7. The van der Waals surface area contributed by atoms with E-state index in [-0.39, 0.29) is 31.6 Å². The summed E-state index contributed by atoms with van der Waals surface area (Å²) in [6.07, 6.45) is 0.778. The maximum absolute atomic E-state index is 14.0. The van der Waals surface area contributed by atoms with Gasteiger partial charge >= 0.3 is 6.18 Å². The lowest BCUT2D eigenvalue weighted by molar-refractivity contribution is -0.138. The summed E-state index contributed by atoms with van der Waals surface area (Å²) in [6, 6.07) is 6.01. The number of piperidine rings is 1. The lowest BCUT2D eigenvalue weighted by Crippen LogP contribution is -2.34. The molecule has 0 spiro atoms. The number of nitrogens with zero attached hydrogens (tertiary/aromatic N) is 7. The minimum absolute atomic E-state index is 0.00340. The topological polar surface area (TPSA) is 133 Å². The zero-order valence-electron chi connectivity index (χ0n) is 23.9. The van der Waals surface area contributed by atoms with Crippen molar-refractivity contribution >= 4 is 23.2 Å². The van der Waals surface area contributed by atoms with Crippen LogP contribution in [-0.2, 0) is 24.1 Å². The van der Waals surface area contributed by atoms with E-state index in [0.717, 1.165) is 36.8 Å². The van der Waals surface area contributed by atoms with E-state index in [1.807, 2.05) is 0 Å². The van der Waals surface area contributed by atoms with E-state index in [0.29, 0.717) is 28.1 Å². The SMILES string of the molecule is COc1ccc(Cn2ncc(NC(C)COCc3nc(C4CCN(c5ncc(Cl)cn5)CC4)no3)c(C(F)(F)F)c2=O)cc1. The van der Waals surface area contributed by atoms with Gasteiger partial charge in [0.25, 0.3) is 11.4 Å². The molecule has 1 aliphatic rings. The molecule has 16 heteroatoms. The molecule has 1 saturated heterocycles. The Balaban J connectivity index is 1.14. The van der Waals surface area contributed by atoms with Crippen LogP contribution in [0.15, 0.2) is 52.2 Å². The molecule has 4 aromatic rings. The van der Waals surface area contributed by atoms with Crippen molar-refractivity contribution in [3.8, 4) is 5.75 Å². The van der Waals surface area contributed by atoms with Crippen LogP contribution in [0, 0.1) is 0 Å². The predicted octanol–water partition coefficient (Wildman–Crippen LogP) is 4.55. The van der Waals surface area contributed by atoms with E-state index in [1.165, 1.54) is 7.11 Å². The Hall–Kier alpha value is -4.24. The second-order valence-corrected chi connectivity index (χ2v) is 10.7. The standard InChI is InChI=1S/C28H30ClF3N8O4/c1-17(36-22-13-35-40(26(41)24(22)28(30,31)32)14-18-3-5-21(42-2)6-4-18)15-43-16-23-37-25(38-44-23)19-7-9-39(10-8-19)27-33-11-20(29)12-34-27/h3-6,11-13,17,19,36H,7-10,14-16H2,1-2H3. The number of rotatable bonds is 11. The average molecular weight is 635 g/mol. The van der Waals surface area contributed by atoms with Crippen molar-refractivity contribution in [3.05, 3.63) is 81.1 Å². The molecular formula is C28H30ClF3N8O4. The normalized spacial score (nSPS) is 14.9. The fourth-order valence-corrected chi connectivity index (χ4v) is 4.92. The largest absolute Gasteiger partial charge is 0.497 e. The molecule has 1 unspecified atom stereocenters. The maximum atomic E-state index is 14.0. The molecule has 12 nitrogen and oxygen atoms in total. The van der Waals surface area contributed by atoms with Crippen molar-refractivity contribution in [1.29, 1.82) is 0 Å². The van der Waals surface area contributed by atoms with E-state index in [4.69, 9.17) is 25.6 Å². The fraction of sp³-hybridized carbons (Fsp3) is 0.429. The number of halogens is 4. The van der Waals surface area contributed by atoms with Gasteiger partial charge in [-0.25, -0.2) is 14.6 Å². The summed E-state index contributed by atoms with van der Waals surface area (Å²) in [5.41, 5.74) is -2.42. The first kappa shape index (κ1) is 31.2. The van der Waals surface area contributed by atoms with Crippen LogP contribution in [0.25, 0.3) is 0 Å². The van der Waals surface area contributed by atoms with Gasteiger partial charge in [-0.15, -0.1) is 0 Å². The van der Waals surface area contributed by atoms with E-state index >= 15 is 0 Å². The molecule has 4 heterocycles. The minimum Gasteiger partial charge on any atom is -0.497 e. The van der Waals surface area contributed by atoms with E-state index in [1.54, 1.807) is 43.6 Å². The molecule has 234 valence electrons. The number of hydrogen-bond acceptors (Lipinski definition) is 11. The smallest absolute Gasteiger partial charge is 0.423 e. The van der Waals surface area contributed by atoms with Gasteiger partial charge in [0, 0.05) is 25.0 Å². The summed E-state index contributed by atoms with van der Waals surface area (Å²) in [5, 5.41) is 11.2. The monoisotopic (exact) mass is 634 g/mol. The quantitative estimate of drug-likeness (QED) is 0.249. The van der Waals surface area contributed by atoms with Crippen LogP contribution in [0.3, 0.4) is 0 Å². The molecule has 1 aliphatic heterocycles. The van der Waals surface area contributed by atoms with Gasteiger partial charge in [-0.3, -0.25) is 4.79 Å². The van der Waals surface area contributed by atoms with E-state index < -0.39 is 29.0 Å². The summed E-state index contributed by atoms with van der Waals surface area (Å²) in [4.78, 5) is 27.8. The van der Waals surface area contributed by atoms with Crippen molar-refractivity contribution in [1.82, 2.24) is 29.9 Å². The van der Waals surface area contributed by atoms with E-state index in [2.05, 4.69) is 35.4 Å². The van der Waals surface area contributed by atoms with Crippen molar-refractivity contribution in [2.75, 3.05) is 37.0 Å². The maximum Gasteiger partial charge on any atom is 0.423 e. The van der Waals surface area contributed by atoms with Gasteiger partial charge in [-0.05, 0) is 37.5 Å².